The lowest BCUT2D eigenvalue weighted by Gasteiger charge is -2.36. The summed E-state index contributed by atoms with van der Waals surface area (Å²) in [5, 5.41) is 2.13. The average molecular weight is 331 g/mol. The van der Waals surface area contributed by atoms with Crippen molar-refractivity contribution in [2.24, 2.45) is 0 Å². The van der Waals surface area contributed by atoms with E-state index in [1.54, 1.807) is 6.20 Å². The molecule has 3 heterocycles. The number of thiophene rings is 1. The van der Waals surface area contributed by atoms with Gasteiger partial charge in [0.05, 0.1) is 6.33 Å². The molecular formula is C18H25N3OS. The summed E-state index contributed by atoms with van der Waals surface area (Å²) in [6.07, 6.45) is 12.9. The van der Waals surface area contributed by atoms with E-state index in [-0.39, 0.29) is 0 Å². The summed E-state index contributed by atoms with van der Waals surface area (Å²) in [6.45, 7) is 1.82. The Morgan fingerprint density at radius 3 is 3.13 bits per heavy atom. The van der Waals surface area contributed by atoms with Crippen LogP contribution in [0.15, 0.2) is 36.2 Å². The zero-order valence-electron chi connectivity index (χ0n) is 13.6. The van der Waals surface area contributed by atoms with Crippen LogP contribution in [0.5, 0.6) is 0 Å². The van der Waals surface area contributed by atoms with Crippen LogP contribution in [0, 0.1) is 0 Å². The smallest absolute Gasteiger partial charge is 0.222 e. The van der Waals surface area contributed by atoms with Gasteiger partial charge in [-0.25, -0.2) is 4.98 Å². The summed E-state index contributed by atoms with van der Waals surface area (Å²) < 4.78 is 2.04. The van der Waals surface area contributed by atoms with Crippen molar-refractivity contribution >= 4 is 17.2 Å². The molecule has 0 aliphatic carbocycles. The first-order chi connectivity index (χ1) is 11.3. The molecule has 2 aromatic heterocycles. The first kappa shape index (κ1) is 16.2. The number of amides is 1. The monoisotopic (exact) mass is 331 g/mol. The standard InChI is InChI=1S/C18H25N3OS/c22-18(7-3-11-20-13-10-19-15-20)21-12-2-1-5-16(21)8-9-17-6-4-14-23-17/h4,6,10,13-16H,1-3,5,7-9,11-12H2/t16-/m1/s1. The minimum atomic E-state index is 0.334. The molecule has 3 rings (SSSR count). The summed E-state index contributed by atoms with van der Waals surface area (Å²) in [4.78, 5) is 20.2. The number of likely N-dealkylation sites (tertiary alicyclic amines) is 1. The summed E-state index contributed by atoms with van der Waals surface area (Å²) in [5.74, 6) is 0.334. The number of carbonyl (C=O) groups excluding carboxylic acids is 1. The number of hydrogen-bond acceptors (Lipinski definition) is 3. The molecule has 0 spiro atoms. The molecule has 5 heteroatoms. The predicted octanol–water partition coefficient (Wildman–Crippen LogP) is 3.74. The van der Waals surface area contributed by atoms with E-state index in [9.17, 15) is 4.79 Å². The number of piperidine rings is 1. The zero-order chi connectivity index (χ0) is 15.9. The quantitative estimate of drug-likeness (QED) is 0.775. The van der Waals surface area contributed by atoms with E-state index in [1.165, 1.54) is 17.7 Å². The van der Waals surface area contributed by atoms with E-state index >= 15 is 0 Å². The van der Waals surface area contributed by atoms with Gasteiger partial charge in [-0.15, -0.1) is 11.3 Å². The van der Waals surface area contributed by atoms with Crippen LogP contribution in [-0.2, 0) is 17.8 Å². The largest absolute Gasteiger partial charge is 0.340 e. The number of carbonyl (C=O) groups is 1. The molecule has 2 aromatic rings. The summed E-state index contributed by atoms with van der Waals surface area (Å²) in [7, 11) is 0. The SMILES string of the molecule is O=C(CCCn1ccnc1)N1CCCC[C@@H]1CCc1cccs1. The molecule has 1 aliphatic heterocycles. The Morgan fingerprint density at radius 1 is 1.39 bits per heavy atom. The van der Waals surface area contributed by atoms with Crippen LogP contribution in [0.25, 0.3) is 0 Å². The van der Waals surface area contributed by atoms with Crippen molar-refractivity contribution in [3.05, 3.63) is 41.1 Å². The molecule has 1 amide bonds. The summed E-state index contributed by atoms with van der Waals surface area (Å²) in [6, 6.07) is 4.75. The van der Waals surface area contributed by atoms with Crippen LogP contribution in [-0.4, -0.2) is 32.9 Å². The van der Waals surface area contributed by atoms with E-state index < -0.39 is 0 Å². The zero-order valence-corrected chi connectivity index (χ0v) is 14.4. The molecule has 0 N–H and O–H groups in total. The van der Waals surface area contributed by atoms with Gasteiger partial charge in [0.25, 0.3) is 0 Å². The number of nitrogens with zero attached hydrogens (tertiary/aromatic N) is 3. The van der Waals surface area contributed by atoms with Crippen LogP contribution in [0.3, 0.4) is 0 Å². The normalized spacial score (nSPS) is 18.3. The lowest BCUT2D eigenvalue weighted by molar-refractivity contribution is -0.135. The van der Waals surface area contributed by atoms with Crippen LogP contribution < -0.4 is 0 Å². The fourth-order valence-corrected chi connectivity index (χ4v) is 4.09. The van der Waals surface area contributed by atoms with Crippen molar-refractivity contribution in [3.8, 4) is 0 Å². The van der Waals surface area contributed by atoms with Gasteiger partial charge < -0.3 is 9.47 Å². The Bertz CT molecular complexity index is 579. The maximum absolute atomic E-state index is 12.6. The highest BCUT2D eigenvalue weighted by atomic mass is 32.1. The van der Waals surface area contributed by atoms with Gasteiger partial charge in [0.2, 0.25) is 5.91 Å². The molecule has 0 radical (unpaired) electrons. The molecule has 0 bridgehead atoms. The van der Waals surface area contributed by atoms with Crippen molar-refractivity contribution in [2.75, 3.05) is 6.54 Å². The molecule has 1 saturated heterocycles. The molecular weight excluding hydrogens is 306 g/mol. The molecule has 4 nitrogen and oxygen atoms in total. The third-order valence-electron chi connectivity index (χ3n) is 4.62. The molecule has 0 saturated carbocycles. The molecule has 0 aromatic carbocycles. The van der Waals surface area contributed by atoms with E-state index in [4.69, 9.17) is 0 Å². The Hall–Kier alpha value is -1.62. The van der Waals surface area contributed by atoms with Crippen molar-refractivity contribution in [1.82, 2.24) is 14.5 Å². The van der Waals surface area contributed by atoms with Gasteiger partial charge in [-0.3, -0.25) is 4.79 Å². The van der Waals surface area contributed by atoms with Crippen molar-refractivity contribution in [1.29, 1.82) is 0 Å². The van der Waals surface area contributed by atoms with E-state index in [0.29, 0.717) is 18.4 Å². The minimum Gasteiger partial charge on any atom is -0.340 e. The third kappa shape index (κ3) is 4.67. The summed E-state index contributed by atoms with van der Waals surface area (Å²) >= 11 is 1.82. The Labute approximate surface area is 142 Å². The highest BCUT2D eigenvalue weighted by molar-refractivity contribution is 7.09. The number of aromatic nitrogens is 2. The number of rotatable bonds is 7. The van der Waals surface area contributed by atoms with Gasteiger partial charge in [0, 0.05) is 42.8 Å². The fourth-order valence-electron chi connectivity index (χ4n) is 3.37. The van der Waals surface area contributed by atoms with Crippen LogP contribution in [0.4, 0.5) is 0 Å². The molecule has 1 aliphatic rings. The third-order valence-corrected chi connectivity index (χ3v) is 5.55. The lowest BCUT2D eigenvalue weighted by atomic mass is 9.97. The van der Waals surface area contributed by atoms with Crippen LogP contribution in [0.2, 0.25) is 0 Å². The van der Waals surface area contributed by atoms with Gasteiger partial charge in [0.15, 0.2) is 0 Å². The van der Waals surface area contributed by atoms with Gasteiger partial charge in [-0.2, -0.15) is 0 Å². The first-order valence-electron chi connectivity index (χ1n) is 8.60. The van der Waals surface area contributed by atoms with Gasteiger partial charge in [-0.05, 0) is 50.0 Å². The molecule has 23 heavy (non-hydrogen) atoms. The van der Waals surface area contributed by atoms with Crippen molar-refractivity contribution in [3.63, 3.8) is 0 Å². The second kappa shape index (κ2) is 8.29. The summed E-state index contributed by atoms with van der Waals surface area (Å²) in [5.41, 5.74) is 0. The number of imidazole rings is 1. The molecule has 124 valence electrons. The number of aryl methyl sites for hydroxylation is 2. The Morgan fingerprint density at radius 2 is 2.35 bits per heavy atom. The van der Waals surface area contributed by atoms with Crippen molar-refractivity contribution < 1.29 is 4.79 Å². The second-order valence-corrected chi connectivity index (χ2v) is 7.29. The van der Waals surface area contributed by atoms with E-state index in [0.717, 1.165) is 38.8 Å². The molecule has 1 fully saturated rings. The Kier molecular flexibility index (Phi) is 5.86. The lowest BCUT2D eigenvalue weighted by Crippen LogP contribution is -2.43. The topological polar surface area (TPSA) is 38.1 Å². The Balaban J connectivity index is 1.47. The van der Waals surface area contributed by atoms with Crippen LogP contribution in [0.1, 0.15) is 43.4 Å². The second-order valence-electron chi connectivity index (χ2n) is 6.26. The average Bonchev–Trinajstić information content (AvgIpc) is 3.27. The highest BCUT2D eigenvalue weighted by Crippen LogP contribution is 2.23. The minimum absolute atomic E-state index is 0.334. The number of hydrogen-bond donors (Lipinski definition) is 0. The molecule has 1 atom stereocenters. The van der Waals surface area contributed by atoms with Gasteiger partial charge in [-0.1, -0.05) is 6.07 Å². The van der Waals surface area contributed by atoms with Crippen LogP contribution >= 0.6 is 11.3 Å². The maximum atomic E-state index is 12.6. The van der Waals surface area contributed by atoms with E-state index in [2.05, 4.69) is 27.4 Å². The van der Waals surface area contributed by atoms with Gasteiger partial charge in [0.1, 0.15) is 0 Å². The first-order valence-corrected chi connectivity index (χ1v) is 9.48. The van der Waals surface area contributed by atoms with Gasteiger partial charge >= 0.3 is 0 Å². The fraction of sp³-hybridized carbons (Fsp3) is 0.556. The van der Waals surface area contributed by atoms with E-state index in [1.807, 2.05) is 28.4 Å². The molecule has 0 unspecified atom stereocenters. The maximum Gasteiger partial charge on any atom is 0.222 e. The predicted molar refractivity (Wildman–Crippen MR) is 93.5 cm³/mol. The highest BCUT2D eigenvalue weighted by Gasteiger charge is 2.25. The van der Waals surface area contributed by atoms with Crippen molar-refractivity contribution in [2.45, 2.75) is 57.5 Å².